The number of hydrogen-bond donors (Lipinski definition) is 1. The maximum absolute atomic E-state index is 12.8. The fourth-order valence-corrected chi connectivity index (χ4v) is 2.03. The smallest absolute Gasteiger partial charge is 0.455 e. The molecular weight excluding hydrogens is 261 g/mol. The highest BCUT2D eigenvalue weighted by atomic mass is 19.4. The molecule has 1 aliphatic rings. The number of aliphatic hydroxyl groups is 1. The zero-order valence-corrected chi connectivity index (χ0v) is 10.3. The highest BCUT2D eigenvalue weighted by molar-refractivity contribution is 5.51. The second-order valence-corrected chi connectivity index (χ2v) is 4.33. The minimum atomic E-state index is -4.86. The Bertz CT molecular complexity index is 511. The number of halogens is 3. The predicted molar refractivity (Wildman–Crippen MR) is 62.2 cm³/mol. The average Bonchev–Trinajstić information content (AvgIpc) is 2.66. The van der Waals surface area contributed by atoms with E-state index in [1.54, 1.807) is 12.1 Å². The van der Waals surface area contributed by atoms with Crippen molar-refractivity contribution in [2.24, 2.45) is 0 Å². The van der Waals surface area contributed by atoms with Gasteiger partial charge in [-0.25, -0.2) is 0 Å². The predicted octanol–water partition coefficient (Wildman–Crippen LogP) is 2.61. The van der Waals surface area contributed by atoms with Crippen LogP contribution < -0.4 is 9.47 Å². The Labute approximate surface area is 108 Å². The molecule has 1 N–H and O–H groups in total. The van der Waals surface area contributed by atoms with Crippen molar-refractivity contribution in [3.63, 3.8) is 0 Å². The molecule has 104 valence electrons. The number of ether oxygens (including phenoxy) is 2. The lowest BCUT2D eigenvalue weighted by Gasteiger charge is -2.25. The monoisotopic (exact) mass is 274 g/mol. The van der Waals surface area contributed by atoms with Crippen LogP contribution in [0.1, 0.15) is 11.1 Å². The van der Waals surface area contributed by atoms with Crippen LogP contribution in [0.5, 0.6) is 11.5 Å². The number of benzene rings is 1. The molecule has 2 rings (SSSR count). The summed E-state index contributed by atoms with van der Waals surface area (Å²) in [6, 6.07) is 3.01. The van der Waals surface area contributed by atoms with Crippen LogP contribution in [0, 0.1) is 0 Å². The molecule has 0 bridgehead atoms. The standard InChI is InChI=1S/C13H13F3O3/c1-3-4-8-5-10(18-2)6-9-7-12(17,13(14,15)16)19-11(8)9/h3,5-6,17H,1,4,7H2,2H3. The van der Waals surface area contributed by atoms with Crippen LogP contribution >= 0.6 is 0 Å². The number of alkyl halides is 3. The third kappa shape index (κ3) is 2.28. The highest BCUT2D eigenvalue weighted by Crippen LogP contribution is 2.46. The summed E-state index contributed by atoms with van der Waals surface area (Å²) in [7, 11) is 1.42. The van der Waals surface area contributed by atoms with Crippen molar-refractivity contribution in [1.82, 2.24) is 0 Å². The van der Waals surface area contributed by atoms with Gasteiger partial charge in [-0.15, -0.1) is 6.58 Å². The van der Waals surface area contributed by atoms with Gasteiger partial charge in [0.15, 0.2) is 0 Å². The first-order valence-electron chi connectivity index (χ1n) is 5.59. The number of fused-ring (bicyclic) bond motifs is 1. The molecule has 1 heterocycles. The Morgan fingerprint density at radius 3 is 2.74 bits per heavy atom. The molecule has 3 nitrogen and oxygen atoms in total. The molecule has 19 heavy (non-hydrogen) atoms. The molecule has 0 fully saturated rings. The molecule has 1 aromatic rings. The third-order valence-corrected chi connectivity index (χ3v) is 2.96. The van der Waals surface area contributed by atoms with Crippen LogP contribution in [0.15, 0.2) is 24.8 Å². The van der Waals surface area contributed by atoms with Gasteiger partial charge in [0.2, 0.25) is 0 Å². The molecule has 0 radical (unpaired) electrons. The molecule has 0 aliphatic carbocycles. The van der Waals surface area contributed by atoms with Gasteiger partial charge in [0.1, 0.15) is 11.5 Å². The van der Waals surface area contributed by atoms with Crippen molar-refractivity contribution in [2.45, 2.75) is 24.8 Å². The first-order chi connectivity index (χ1) is 8.80. The molecule has 1 aliphatic heterocycles. The summed E-state index contributed by atoms with van der Waals surface area (Å²) in [6.45, 7) is 3.54. The maximum atomic E-state index is 12.8. The minimum absolute atomic E-state index is 0.0560. The van der Waals surface area contributed by atoms with Gasteiger partial charge in [-0.3, -0.25) is 0 Å². The van der Waals surface area contributed by atoms with E-state index in [9.17, 15) is 18.3 Å². The van der Waals surface area contributed by atoms with Crippen LogP contribution in [-0.2, 0) is 12.8 Å². The van der Waals surface area contributed by atoms with Gasteiger partial charge in [-0.05, 0) is 18.6 Å². The summed E-state index contributed by atoms with van der Waals surface area (Å²) >= 11 is 0. The van der Waals surface area contributed by atoms with Crippen molar-refractivity contribution in [3.8, 4) is 11.5 Å². The third-order valence-electron chi connectivity index (χ3n) is 2.96. The van der Waals surface area contributed by atoms with Crippen molar-refractivity contribution >= 4 is 0 Å². The van der Waals surface area contributed by atoms with E-state index < -0.39 is 18.4 Å². The van der Waals surface area contributed by atoms with Gasteiger partial charge in [0, 0.05) is 11.1 Å². The molecule has 0 saturated heterocycles. The van der Waals surface area contributed by atoms with E-state index in [1.807, 2.05) is 0 Å². The highest BCUT2D eigenvalue weighted by Gasteiger charge is 2.60. The van der Waals surface area contributed by atoms with E-state index in [2.05, 4.69) is 6.58 Å². The topological polar surface area (TPSA) is 38.7 Å². The first-order valence-corrected chi connectivity index (χ1v) is 5.59. The van der Waals surface area contributed by atoms with Crippen molar-refractivity contribution in [3.05, 3.63) is 35.9 Å². The van der Waals surface area contributed by atoms with E-state index in [-0.39, 0.29) is 11.3 Å². The van der Waals surface area contributed by atoms with E-state index in [4.69, 9.17) is 9.47 Å². The molecule has 0 saturated carbocycles. The lowest BCUT2D eigenvalue weighted by Crippen LogP contribution is -2.49. The summed E-state index contributed by atoms with van der Waals surface area (Å²) in [5.74, 6) is -2.69. The van der Waals surface area contributed by atoms with Crippen molar-refractivity contribution in [1.29, 1.82) is 0 Å². The number of allylic oxidation sites excluding steroid dienone is 1. The fraction of sp³-hybridized carbons (Fsp3) is 0.385. The average molecular weight is 274 g/mol. The van der Waals surface area contributed by atoms with Crippen LogP contribution in [0.4, 0.5) is 13.2 Å². The van der Waals surface area contributed by atoms with E-state index in [0.717, 1.165) is 0 Å². The molecule has 1 unspecified atom stereocenters. The van der Waals surface area contributed by atoms with Gasteiger partial charge >= 0.3 is 12.0 Å². The number of rotatable bonds is 3. The fourth-order valence-electron chi connectivity index (χ4n) is 2.03. The molecule has 0 aromatic heterocycles. The molecule has 0 amide bonds. The zero-order chi connectivity index (χ0) is 14.3. The van der Waals surface area contributed by atoms with Crippen molar-refractivity contribution < 1.29 is 27.8 Å². The molecule has 1 aromatic carbocycles. The molecule has 0 spiro atoms. The number of methoxy groups -OCH3 is 1. The summed E-state index contributed by atoms with van der Waals surface area (Å²) in [6.07, 6.45) is -3.63. The lowest BCUT2D eigenvalue weighted by atomic mass is 10.0. The molecule has 1 atom stereocenters. The van der Waals surface area contributed by atoms with Gasteiger partial charge in [0.05, 0.1) is 13.5 Å². The summed E-state index contributed by atoms with van der Waals surface area (Å²) < 4.78 is 48.1. The van der Waals surface area contributed by atoms with Crippen LogP contribution in [0.3, 0.4) is 0 Å². The normalized spacial score (nSPS) is 21.7. The minimum Gasteiger partial charge on any atom is -0.497 e. The summed E-state index contributed by atoms with van der Waals surface area (Å²) in [5.41, 5.74) is 0.778. The van der Waals surface area contributed by atoms with E-state index in [0.29, 0.717) is 17.7 Å². The second kappa shape index (κ2) is 4.45. The number of hydrogen-bond acceptors (Lipinski definition) is 3. The Morgan fingerprint density at radius 2 is 2.21 bits per heavy atom. The van der Waals surface area contributed by atoms with E-state index >= 15 is 0 Å². The molecule has 6 heteroatoms. The maximum Gasteiger partial charge on any atom is 0.455 e. The lowest BCUT2D eigenvalue weighted by molar-refractivity contribution is -0.327. The zero-order valence-electron chi connectivity index (χ0n) is 10.3. The van der Waals surface area contributed by atoms with Gasteiger partial charge in [-0.1, -0.05) is 6.08 Å². The van der Waals surface area contributed by atoms with Gasteiger partial charge in [0.25, 0.3) is 0 Å². The summed E-state index contributed by atoms with van der Waals surface area (Å²) in [5, 5.41) is 9.59. The SMILES string of the molecule is C=CCc1cc(OC)cc2c1OC(O)(C(F)(F)F)C2. The summed E-state index contributed by atoms with van der Waals surface area (Å²) in [4.78, 5) is 0. The first kappa shape index (κ1) is 13.7. The Kier molecular flexibility index (Phi) is 3.22. The largest absolute Gasteiger partial charge is 0.497 e. The van der Waals surface area contributed by atoms with Gasteiger partial charge in [-0.2, -0.15) is 13.2 Å². The van der Waals surface area contributed by atoms with Crippen molar-refractivity contribution in [2.75, 3.05) is 7.11 Å². The Balaban J connectivity index is 2.47. The van der Waals surface area contributed by atoms with Crippen LogP contribution in [0.25, 0.3) is 0 Å². The van der Waals surface area contributed by atoms with Gasteiger partial charge < -0.3 is 14.6 Å². The van der Waals surface area contributed by atoms with Crippen LogP contribution in [-0.4, -0.2) is 24.2 Å². The quantitative estimate of drug-likeness (QED) is 0.861. The second-order valence-electron chi connectivity index (χ2n) is 4.33. The Morgan fingerprint density at radius 1 is 1.53 bits per heavy atom. The molecular formula is C13H13F3O3. The van der Waals surface area contributed by atoms with E-state index in [1.165, 1.54) is 13.2 Å². The Hall–Kier alpha value is -1.69. The van der Waals surface area contributed by atoms with Crippen LogP contribution in [0.2, 0.25) is 0 Å².